The normalized spacial score (nSPS) is 17.7. The molecule has 1 aliphatic rings. The van der Waals surface area contributed by atoms with Crippen LogP contribution in [-0.4, -0.2) is 15.6 Å². The Balaban J connectivity index is 1.59. The van der Waals surface area contributed by atoms with Crippen molar-refractivity contribution in [1.82, 2.24) is 14.9 Å². The second-order valence-electron chi connectivity index (χ2n) is 6.45. The molecule has 1 aliphatic carbocycles. The summed E-state index contributed by atoms with van der Waals surface area (Å²) in [5, 5.41) is 3.86. The highest BCUT2D eigenvalue weighted by atomic mass is 15.1. The molecule has 3 nitrogen and oxygen atoms in total. The molecule has 0 bridgehead atoms. The van der Waals surface area contributed by atoms with Gasteiger partial charge >= 0.3 is 0 Å². The summed E-state index contributed by atoms with van der Waals surface area (Å²) in [6.45, 7) is 7.56. The van der Waals surface area contributed by atoms with Gasteiger partial charge in [-0.3, -0.25) is 0 Å². The van der Waals surface area contributed by atoms with Crippen LogP contribution in [0.3, 0.4) is 0 Å². The molecule has 0 aliphatic heterocycles. The third kappa shape index (κ3) is 3.18. The molecule has 21 heavy (non-hydrogen) atoms. The molecule has 0 spiro atoms. The van der Waals surface area contributed by atoms with Crippen LogP contribution in [0.25, 0.3) is 0 Å². The SMILES string of the molecule is Cc1cccc(C2(N[C@@H](C)CCn3ccnc3C)CC2)c1. The Bertz CT molecular complexity index is 610. The van der Waals surface area contributed by atoms with Crippen molar-refractivity contribution in [3.8, 4) is 0 Å². The van der Waals surface area contributed by atoms with Crippen molar-refractivity contribution >= 4 is 0 Å². The lowest BCUT2D eigenvalue weighted by atomic mass is 10.0. The number of hydrogen-bond donors (Lipinski definition) is 1. The van der Waals surface area contributed by atoms with Gasteiger partial charge in [-0.25, -0.2) is 4.98 Å². The Morgan fingerprint density at radius 3 is 2.76 bits per heavy atom. The Hall–Kier alpha value is -1.61. The molecule has 0 radical (unpaired) electrons. The fourth-order valence-corrected chi connectivity index (χ4v) is 3.10. The highest BCUT2D eigenvalue weighted by Crippen LogP contribution is 2.46. The number of aryl methyl sites for hydroxylation is 3. The van der Waals surface area contributed by atoms with Crippen LogP contribution in [0.5, 0.6) is 0 Å². The summed E-state index contributed by atoms with van der Waals surface area (Å²) in [5.74, 6) is 1.10. The molecule has 3 rings (SSSR count). The number of imidazole rings is 1. The third-order valence-electron chi connectivity index (χ3n) is 4.57. The number of nitrogens with one attached hydrogen (secondary N) is 1. The van der Waals surface area contributed by atoms with Crippen molar-refractivity contribution < 1.29 is 0 Å². The molecule has 0 unspecified atom stereocenters. The van der Waals surface area contributed by atoms with Gasteiger partial charge in [0.2, 0.25) is 0 Å². The first kappa shape index (κ1) is 14.3. The summed E-state index contributed by atoms with van der Waals surface area (Å²) in [4.78, 5) is 4.28. The van der Waals surface area contributed by atoms with Crippen LogP contribution in [0.1, 0.15) is 43.1 Å². The Labute approximate surface area is 127 Å². The second-order valence-corrected chi connectivity index (χ2v) is 6.45. The van der Waals surface area contributed by atoms with E-state index in [9.17, 15) is 0 Å². The van der Waals surface area contributed by atoms with Gasteiger partial charge in [-0.05, 0) is 45.6 Å². The molecule has 2 aromatic rings. The number of nitrogens with zero attached hydrogens (tertiary/aromatic N) is 2. The maximum Gasteiger partial charge on any atom is 0.105 e. The van der Waals surface area contributed by atoms with Gasteiger partial charge in [-0.2, -0.15) is 0 Å². The summed E-state index contributed by atoms with van der Waals surface area (Å²) in [5.41, 5.74) is 3.03. The van der Waals surface area contributed by atoms with Crippen LogP contribution >= 0.6 is 0 Å². The minimum absolute atomic E-state index is 0.232. The highest BCUT2D eigenvalue weighted by molar-refractivity contribution is 5.33. The zero-order valence-corrected chi connectivity index (χ0v) is 13.3. The van der Waals surface area contributed by atoms with Crippen LogP contribution in [0.15, 0.2) is 36.7 Å². The van der Waals surface area contributed by atoms with Gasteiger partial charge in [0.15, 0.2) is 0 Å². The highest BCUT2D eigenvalue weighted by Gasteiger charge is 2.44. The van der Waals surface area contributed by atoms with Gasteiger partial charge in [0.1, 0.15) is 5.82 Å². The van der Waals surface area contributed by atoms with Gasteiger partial charge in [-0.1, -0.05) is 29.8 Å². The summed E-state index contributed by atoms with van der Waals surface area (Å²) in [6, 6.07) is 9.44. The molecule has 1 fully saturated rings. The minimum atomic E-state index is 0.232. The second kappa shape index (κ2) is 5.64. The molecule has 1 saturated carbocycles. The summed E-state index contributed by atoms with van der Waals surface area (Å²) < 4.78 is 2.23. The standard InChI is InChI=1S/C18H25N3/c1-14-5-4-6-17(13-14)18(8-9-18)20-15(2)7-11-21-12-10-19-16(21)3/h4-6,10,12-13,15,20H,7-9,11H2,1-3H3/t15-/m0/s1. The predicted octanol–water partition coefficient (Wildman–Crippen LogP) is 3.56. The van der Waals surface area contributed by atoms with Crippen molar-refractivity contribution in [2.45, 2.75) is 58.2 Å². The lowest BCUT2D eigenvalue weighted by molar-refractivity contribution is 0.401. The molecule has 1 aromatic carbocycles. The molecule has 112 valence electrons. The van der Waals surface area contributed by atoms with E-state index in [1.807, 2.05) is 6.20 Å². The first-order chi connectivity index (χ1) is 10.1. The Morgan fingerprint density at radius 2 is 2.14 bits per heavy atom. The molecular weight excluding hydrogens is 258 g/mol. The van der Waals surface area contributed by atoms with Crippen molar-refractivity contribution in [1.29, 1.82) is 0 Å². The zero-order chi connectivity index (χ0) is 14.9. The maximum absolute atomic E-state index is 4.28. The topological polar surface area (TPSA) is 29.9 Å². The average Bonchev–Trinajstić information content (AvgIpc) is 3.12. The van der Waals surface area contributed by atoms with E-state index in [0.717, 1.165) is 18.8 Å². The zero-order valence-electron chi connectivity index (χ0n) is 13.3. The van der Waals surface area contributed by atoms with E-state index in [0.29, 0.717) is 6.04 Å². The maximum atomic E-state index is 4.28. The van der Waals surface area contributed by atoms with E-state index in [-0.39, 0.29) is 5.54 Å². The number of hydrogen-bond acceptors (Lipinski definition) is 2. The summed E-state index contributed by atoms with van der Waals surface area (Å²) >= 11 is 0. The number of benzene rings is 1. The fraction of sp³-hybridized carbons (Fsp3) is 0.500. The van der Waals surface area contributed by atoms with Crippen LogP contribution in [0.2, 0.25) is 0 Å². The van der Waals surface area contributed by atoms with E-state index in [1.54, 1.807) is 0 Å². The largest absolute Gasteiger partial charge is 0.335 e. The summed E-state index contributed by atoms with van der Waals surface area (Å²) in [6.07, 6.45) is 7.58. The summed E-state index contributed by atoms with van der Waals surface area (Å²) in [7, 11) is 0. The molecule has 1 aromatic heterocycles. The Morgan fingerprint density at radius 1 is 1.33 bits per heavy atom. The van der Waals surface area contributed by atoms with Gasteiger partial charge in [0, 0.05) is 30.5 Å². The third-order valence-corrected chi connectivity index (χ3v) is 4.57. The van der Waals surface area contributed by atoms with E-state index in [4.69, 9.17) is 0 Å². The number of aromatic nitrogens is 2. The molecular formula is C18H25N3. The van der Waals surface area contributed by atoms with Gasteiger partial charge < -0.3 is 9.88 Å². The van der Waals surface area contributed by atoms with Gasteiger partial charge in [-0.15, -0.1) is 0 Å². The minimum Gasteiger partial charge on any atom is -0.335 e. The van der Waals surface area contributed by atoms with E-state index < -0.39 is 0 Å². The predicted molar refractivity (Wildman–Crippen MR) is 86.3 cm³/mol. The molecule has 1 heterocycles. The van der Waals surface area contributed by atoms with E-state index in [1.165, 1.54) is 24.0 Å². The molecule has 1 N–H and O–H groups in total. The van der Waals surface area contributed by atoms with E-state index in [2.05, 4.69) is 66.1 Å². The lowest BCUT2D eigenvalue weighted by Crippen LogP contribution is -2.37. The smallest absolute Gasteiger partial charge is 0.105 e. The molecule has 0 amide bonds. The van der Waals surface area contributed by atoms with Crippen LogP contribution in [0, 0.1) is 13.8 Å². The van der Waals surface area contributed by atoms with Crippen LogP contribution < -0.4 is 5.32 Å². The fourth-order valence-electron chi connectivity index (χ4n) is 3.10. The first-order valence-electron chi connectivity index (χ1n) is 7.92. The first-order valence-corrected chi connectivity index (χ1v) is 7.92. The van der Waals surface area contributed by atoms with Crippen LogP contribution in [-0.2, 0) is 12.1 Å². The lowest BCUT2D eigenvalue weighted by Gasteiger charge is -2.24. The van der Waals surface area contributed by atoms with E-state index >= 15 is 0 Å². The molecule has 1 atom stereocenters. The van der Waals surface area contributed by atoms with Gasteiger partial charge in [0.05, 0.1) is 0 Å². The van der Waals surface area contributed by atoms with Crippen molar-refractivity contribution in [2.24, 2.45) is 0 Å². The quantitative estimate of drug-likeness (QED) is 0.878. The van der Waals surface area contributed by atoms with Crippen LogP contribution in [0.4, 0.5) is 0 Å². The average molecular weight is 283 g/mol. The molecule has 3 heteroatoms. The van der Waals surface area contributed by atoms with Crippen molar-refractivity contribution in [3.63, 3.8) is 0 Å². The molecule has 0 saturated heterocycles. The van der Waals surface area contributed by atoms with Crippen molar-refractivity contribution in [3.05, 3.63) is 53.6 Å². The Kier molecular flexibility index (Phi) is 3.85. The number of rotatable bonds is 6. The van der Waals surface area contributed by atoms with Crippen molar-refractivity contribution in [2.75, 3.05) is 0 Å². The van der Waals surface area contributed by atoms with Gasteiger partial charge in [0.25, 0.3) is 0 Å². The monoisotopic (exact) mass is 283 g/mol.